The van der Waals surface area contributed by atoms with E-state index in [0.29, 0.717) is 22.6 Å². The van der Waals surface area contributed by atoms with Crippen molar-refractivity contribution in [1.82, 2.24) is 9.97 Å². The number of halogens is 2. The van der Waals surface area contributed by atoms with Crippen molar-refractivity contribution in [3.05, 3.63) is 88.7 Å². The van der Waals surface area contributed by atoms with Gasteiger partial charge in [0, 0.05) is 11.6 Å². The monoisotopic (exact) mass is 456 g/mol. The molecule has 3 aromatic carbocycles. The highest BCUT2D eigenvalue weighted by molar-refractivity contribution is 7.92. The fourth-order valence-electron chi connectivity index (χ4n) is 3.11. The summed E-state index contributed by atoms with van der Waals surface area (Å²) in [5, 5.41) is 3.69. The summed E-state index contributed by atoms with van der Waals surface area (Å²) in [5.74, 6) is -0.222. The summed E-state index contributed by atoms with van der Waals surface area (Å²) in [6.45, 7) is 1.84. The molecule has 0 atom stereocenters. The topological polar surface area (TPSA) is 84.0 Å². The first-order valence-electron chi connectivity index (χ1n) is 9.36. The van der Waals surface area contributed by atoms with Crippen LogP contribution in [0, 0.1) is 12.7 Å². The number of sulfonamides is 1. The van der Waals surface area contributed by atoms with Crippen molar-refractivity contribution in [1.29, 1.82) is 0 Å². The predicted molar refractivity (Wildman–Crippen MR) is 120 cm³/mol. The van der Waals surface area contributed by atoms with Gasteiger partial charge in [-0.15, -0.1) is 0 Å². The minimum atomic E-state index is -4.03. The van der Waals surface area contributed by atoms with E-state index < -0.39 is 15.8 Å². The van der Waals surface area contributed by atoms with Crippen molar-refractivity contribution in [2.75, 3.05) is 10.0 Å². The third-order valence-electron chi connectivity index (χ3n) is 4.63. The molecule has 31 heavy (non-hydrogen) atoms. The molecule has 158 valence electrons. The van der Waals surface area contributed by atoms with E-state index >= 15 is 0 Å². The molecule has 1 aromatic heterocycles. The summed E-state index contributed by atoms with van der Waals surface area (Å²) >= 11 is 6.22. The maximum absolute atomic E-state index is 13.4. The largest absolute Gasteiger partial charge is 0.363 e. The zero-order valence-electron chi connectivity index (χ0n) is 16.4. The fraction of sp³-hybridized carbons (Fsp3) is 0.0909. The summed E-state index contributed by atoms with van der Waals surface area (Å²) in [4.78, 5) is 8.94. The third kappa shape index (κ3) is 4.60. The van der Waals surface area contributed by atoms with E-state index in [4.69, 9.17) is 11.6 Å². The molecule has 0 radical (unpaired) electrons. The van der Waals surface area contributed by atoms with Crippen LogP contribution in [0.3, 0.4) is 0 Å². The number of anilines is 2. The molecule has 0 saturated carbocycles. The van der Waals surface area contributed by atoms with Gasteiger partial charge in [0.25, 0.3) is 10.0 Å². The van der Waals surface area contributed by atoms with Gasteiger partial charge >= 0.3 is 0 Å². The molecule has 0 aliphatic carbocycles. The Kier molecular flexibility index (Phi) is 5.75. The SMILES string of the molecule is Cc1cc(F)ccc1S(=O)(=O)Nc1nc2ccccc2nc1NCc1ccccc1Cl. The van der Waals surface area contributed by atoms with Crippen LogP contribution in [0.2, 0.25) is 5.02 Å². The van der Waals surface area contributed by atoms with Gasteiger partial charge < -0.3 is 5.32 Å². The maximum atomic E-state index is 13.4. The molecule has 2 N–H and O–H groups in total. The van der Waals surface area contributed by atoms with Gasteiger partial charge in [0.2, 0.25) is 0 Å². The smallest absolute Gasteiger partial charge is 0.263 e. The van der Waals surface area contributed by atoms with Gasteiger partial charge in [-0.2, -0.15) is 0 Å². The molecule has 0 spiro atoms. The highest BCUT2D eigenvalue weighted by Crippen LogP contribution is 2.26. The van der Waals surface area contributed by atoms with E-state index in [-0.39, 0.29) is 22.1 Å². The Morgan fingerprint density at radius 1 is 0.935 bits per heavy atom. The molecule has 4 aromatic rings. The Bertz CT molecular complexity index is 1380. The van der Waals surface area contributed by atoms with Crippen LogP contribution in [0.1, 0.15) is 11.1 Å². The summed E-state index contributed by atoms with van der Waals surface area (Å²) in [6.07, 6.45) is 0. The van der Waals surface area contributed by atoms with E-state index in [0.717, 1.165) is 17.7 Å². The van der Waals surface area contributed by atoms with Crippen LogP contribution in [-0.4, -0.2) is 18.4 Å². The first kappa shape index (κ1) is 21.0. The molecule has 6 nitrogen and oxygen atoms in total. The van der Waals surface area contributed by atoms with E-state index in [9.17, 15) is 12.8 Å². The Morgan fingerprint density at radius 3 is 2.26 bits per heavy atom. The van der Waals surface area contributed by atoms with Crippen molar-refractivity contribution < 1.29 is 12.8 Å². The first-order chi connectivity index (χ1) is 14.8. The van der Waals surface area contributed by atoms with Gasteiger partial charge in [0.05, 0.1) is 15.9 Å². The standard InChI is InChI=1S/C22H18ClFN4O2S/c1-14-12-16(24)10-11-20(14)31(29,30)28-22-21(25-13-15-6-2-3-7-17(15)23)26-18-8-4-5-9-19(18)27-22/h2-12H,13H2,1H3,(H,25,26)(H,27,28). The van der Waals surface area contributed by atoms with Crippen molar-refractivity contribution in [3.8, 4) is 0 Å². The van der Waals surface area contributed by atoms with E-state index in [1.807, 2.05) is 24.3 Å². The lowest BCUT2D eigenvalue weighted by atomic mass is 10.2. The van der Waals surface area contributed by atoms with Crippen molar-refractivity contribution in [2.24, 2.45) is 0 Å². The van der Waals surface area contributed by atoms with Crippen molar-refractivity contribution >= 4 is 44.3 Å². The van der Waals surface area contributed by atoms with Crippen LogP contribution in [0.4, 0.5) is 16.0 Å². The highest BCUT2D eigenvalue weighted by Gasteiger charge is 2.21. The van der Waals surface area contributed by atoms with Crippen molar-refractivity contribution in [2.45, 2.75) is 18.4 Å². The third-order valence-corrected chi connectivity index (χ3v) is 6.50. The average molecular weight is 457 g/mol. The Hall–Kier alpha value is -3.23. The van der Waals surface area contributed by atoms with E-state index in [1.54, 1.807) is 24.3 Å². The molecule has 1 heterocycles. The lowest BCUT2D eigenvalue weighted by Crippen LogP contribution is -2.17. The van der Waals surface area contributed by atoms with Crippen LogP contribution < -0.4 is 10.0 Å². The first-order valence-corrected chi connectivity index (χ1v) is 11.2. The number of nitrogens with zero attached hydrogens (tertiary/aromatic N) is 2. The predicted octanol–water partition coefficient (Wildman–Crippen LogP) is 5.14. The lowest BCUT2D eigenvalue weighted by molar-refractivity contribution is 0.598. The number of rotatable bonds is 6. The van der Waals surface area contributed by atoms with Gasteiger partial charge in [-0.05, 0) is 54.4 Å². The number of benzene rings is 3. The zero-order valence-corrected chi connectivity index (χ0v) is 18.0. The number of hydrogen-bond donors (Lipinski definition) is 2. The Balaban J connectivity index is 1.73. The number of nitrogens with one attached hydrogen (secondary N) is 2. The summed E-state index contributed by atoms with van der Waals surface area (Å²) in [7, 11) is -4.03. The molecule has 0 amide bonds. The number of para-hydroxylation sites is 2. The van der Waals surface area contributed by atoms with Crippen molar-refractivity contribution in [3.63, 3.8) is 0 Å². The average Bonchev–Trinajstić information content (AvgIpc) is 2.72. The molecule has 0 unspecified atom stereocenters. The van der Waals surface area contributed by atoms with Crippen LogP contribution >= 0.6 is 11.6 Å². The Morgan fingerprint density at radius 2 is 1.58 bits per heavy atom. The number of fused-ring (bicyclic) bond motifs is 1. The van der Waals surface area contributed by atoms with Crippen LogP contribution in [-0.2, 0) is 16.6 Å². The van der Waals surface area contributed by atoms with Gasteiger partial charge in [0.1, 0.15) is 5.82 Å². The summed E-state index contributed by atoms with van der Waals surface area (Å²) in [6, 6.07) is 17.9. The molecular weight excluding hydrogens is 439 g/mol. The minimum Gasteiger partial charge on any atom is -0.363 e. The van der Waals surface area contributed by atoms with E-state index in [2.05, 4.69) is 20.0 Å². The molecule has 0 aliphatic rings. The second-order valence-corrected chi connectivity index (χ2v) is 8.93. The highest BCUT2D eigenvalue weighted by atomic mass is 35.5. The minimum absolute atomic E-state index is 0.0366. The molecular formula is C22H18ClFN4O2S. The number of aromatic nitrogens is 2. The second kappa shape index (κ2) is 8.49. The van der Waals surface area contributed by atoms with Gasteiger partial charge in [-0.1, -0.05) is 41.9 Å². The number of aryl methyl sites for hydroxylation is 1. The molecule has 0 bridgehead atoms. The fourth-order valence-corrected chi connectivity index (χ4v) is 4.55. The van der Waals surface area contributed by atoms with Gasteiger partial charge in [-0.25, -0.2) is 22.8 Å². The molecule has 4 rings (SSSR count). The molecule has 9 heteroatoms. The molecule has 0 aliphatic heterocycles. The quantitative estimate of drug-likeness (QED) is 0.419. The molecule has 0 saturated heterocycles. The normalized spacial score (nSPS) is 11.5. The molecule has 0 fully saturated rings. The number of hydrogen-bond acceptors (Lipinski definition) is 5. The Labute approximate surface area is 184 Å². The van der Waals surface area contributed by atoms with E-state index in [1.165, 1.54) is 13.0 Å². The summed E-state index contributed by atoms with van der Waals surface area (Å²) in [5.41, 5.74) is 2.23. The van der Waals surface area contributed by atoms with Crippen LogP contribution in [0.15, 0.2) is 71.6 Å². The van der Waals surface area contributed by atoms with Gasteiger partial charge in [0.15, 0.2) is 11.6 Å². The van der Waals surface area contributed by atoms with Gasteiger partial charge in [-0.3, -0.25) is 4.72 Å². The summed E-state index contributed by atoms with van der Waals surface area (Å²) < 4.78 is 41.9. The van der Waals surface area contributed by atoms with Crippen LogP contribution in [0.25, 0.3) is 11.0 Å². The second-order valence-electron chi connectivity index (χ2n) is 6.87. The lowest BCUT2D eigenvalue weighted by Gasteiger charge is -2.15. The maximum Gasteiger partial charge on any atom is 0.263 e. The van der Waals surface area contributed by atoms with Crippen LogP contribution in [0.5, 0.6) is 0 Å². The zero-order chi connectivity index (χ0) is 22.0.